The molecule has 0 rings (SSSR count). The highest BCUT2D eigenvalue weighted by atomic mass is 16.4. The maximum Gasteiger partial charge on any atom is 0.326 e. The monoisotopic (exact) mass is 246 g/mol. The summed E-state index contributed by atoms with van der Waals surface area (Å²) in [7, 11) is 0. The first-order valence-electron chi connectivity index (χ1n) is 5.39. The predicted molar refractivity (Wildman–Crippen MR) is 59.3 cm³/mol. The minimum absolute atomic E-state index is 0.0143. The van der Waals surface area contributed by atoms with Crippen LogP contribution in [0.15, 0.2) is 0 Å². The highest BCUT2D eigenvalue weighted by Gasteiger charge is 2.22. The number of carbonyl (C=O) groups is 3. The molecule has 1 amide bonds. The highest BCUT2D eigenvalue weighted by molar-refractivity contribution is 5.87. The standard InChI is InChI=1S/C10H18N2O5/c1-2-3-7(10(16)17)12-9(15)6(11)4-5-8(13)14/h6-7H,2-5,11H2,1H3,(H,12,15)(H,13,14)(H,16,17)/t6?,7-/m0/s1. The molecule has 2 atom stereocenters. The first-order valence-corrected chi connectivity index (χ1v) is 5.39. The lowest BCUT2D eigenvalue weighted by Crippen LogP contribution is -2.48. The third-order valence-electron chi connectivity index (χ3n) is 2.20. The molecule has 0 fully saturated rings. The molecule has 17 heavy (non-hydrogen) atoms. The van der Waals surface area contributed by atoms with E-state index in [0.717, 1.165) is 0 Å². The molecule has 0 saturated heterocycles. The number of hydrogen-bond acceptors (Lipinski definition) is 4. The number of aliphatic carboxylic acids is 2. The fourth-order valence-electron chi connectivity index (χ4n) is 1.23. The Morgan fingerprint density at radius 1 is 1.24 bits per heavy atom. The highest BCUT2D eigenvalue weighted by Crippen LogP contribution is 2.00. The lowest BCUT2D eigenvalue weighted by molar-refractivity contribution is -0.142. The number of carbonyl (C=O) groups excluding carboxylic acids is 1. The molecule has 0 bridgehead atoms. The van der Waals surface area contributed by atoms with Crippen LogP contribution in [-0.2, 0) is 14.4 Å². The van der Waals surface area contributed by atoms with Crippen molar-refractivity contribution in [2.45, 2.75) is 44.7 Å². The van der Waals surface area contributed by atoms with Crippen LogP contribution >= 0.6 is 0 Å². The van der Waals surface area contributed by atoms with Gasteiger partial charge in [-0.05, 0) is 12.8 Å². The number of carboxylic acids is 2. The molecule has 7 nitrogen and oxygen atoms in total. The Morgan fingerprint density at radius 3 is 2.24 bits per heavy atom. The van der Waals surface area contributed by atoms with Crippen LogP contribution in [0.5, 0.6) is 0 Å². The Labute approximate surface area is 99.0 Å². The zero-order valence-electron chi connectivity index (χ0n) is 9.68. The van der Waals surface area contributed by atoms with Gasteiger partial charge in [0, 0.05) is 6.42 Å². The van der Waals surface area contributed by atoms with Crippen molar-refractivity contribution in [1.29, 1.82) is 0 Å². The third kappa shape index (κ3) is 6.52. The summed E-state index contributed by atoms with van der Waals surface area (Å²) in [5, 5.41) is 19.5. The average Bonchev–Trinajstić information content (AvgIpc) is 2.24. The summed E-state index contributed by atoms with van der Waals surface area (Å²) in [5.74, 6) is -2.80. The molecule has 0 aliphatic heterocycles. The maximum absolute atomic E-state index is 11.5. The van der Waals surface area contributed by atoms with Crippen LogP contribution < -0.4 is 11.1 Å². The molecule has 0 aliphatic carbocycles. The van der Waals surface area contributed by atoms with Crippen LogP contribution in [0.2, 0.25) is 0 Å². The Bertz CT molecular complexity index is 292. The lowest BCUT2D eigenvalue weighted by atomic mass is 10.1. The molecule has 0 spiro atoms. The van der Waals surface area contributed by atoms with Crippen LogP contribution in [0.4, 0.5) is 0 Å². The molecule has 5 N–H and O–H groups in total. The molecule has 0 saturated carbocycles. The fraction of sp³-hybridized carbons (Fsp3) is 0.700. The summed E-state index contributed by atoms with van der Waals surface area (Å²) in [6.07, 6.45) is 0.689. The molecule has 0 aromatic heterocycles. The molecular formula is C10H18N2O5. The van der Waals surface area contributed by atoms with Crippen molar-refractivity contribution in [1.82, 2.24) is 5.32 Å². The fourth-order valence-corrected chi connectivity index (χ4v) is 1.23. The Balaban J connectivity index is 4.20. The van der Waals surface area contributed by atoms with E-state index in [1.54, 1.807) is 6.92 Å². The van der Waals surface area contributed by atoms with Crippen LogP contribution in [0, 0.1) is 0 Å². The van der Waals surface area contributed by atoms with Gasteiger partial charge < -0.3 is 21.3 Å². The van der Waals surface area contributed by atoms with E-state index in [0.29, 0.717) is 12.8 Å². The van der Waals surface area contributed by atoms with Gasteiger partial charge >= 0.3 is 11.9 Å². The van der Waals surface area contributed by atoms with Gasteiger partial charge in [0.05, 0.1) is 6.04 Å². The van der Waals surface area contributed by atoms with Crippen LogP contribution in [0.25, 0.3) is 0 Å². The molecule has 7 heteroatoms. The molecule has 0 heterocycles. The first-order chi connectivity index (χ1) is 7.88. The second-order valence-electron chi connectivity index (χ2n) is 3.73. The van der Waals surface area contributed by atoms with Crippen molar-refractivity contribution < 1.29 is 24.6 Å². The van der Waals surface area contributed by atoms with Crippen LogP contribution in [0.1, 0.15) is 32.6 Å². The van der Waals surface area contributed by atoms with Gasteiger partial charge in [-0.3, -0.25) is 9.59 Å². The van der Waals surface area contributed by atoms with Crippen molar-refractivity contribution in [3.63, 3.8) is 0 Å². The molecule has 0 radical (unpaired) electrons. The van der Waals surface area contributed by atoms with Crippen molar-refractivity contribution in [3.05, 3.63) is 0 Å². The summed E-state index contributed by atoms with van der Waals surface area (Å²) in [6, 6.07) is -1.96. The number of nitrogens with one attached hydrogen (secondary N) is 1. The van der Waals surface area contributed by atoms with Crippen molar-refractivity contribution in [3.8, 4) is 0 Å². The second kappa shape index (κ2) is 7.61. The lowest BCUT2D eigenvalue weighted by Gasteiger charge is -2.16. The number of amides is 1. The average molecular weight is 246 g/mol. The van der Waals surface area contributed by atoms with Gasteiger partial charge in [-0.15, -0.1) is 0 Å². The summed E-state index contributed by atoms with van der Waals surface area (Å²) in [4.78, 5) is 32.5. The van der Waals surface area contributed by atoms with Crippen LogP contribution in [0.3, 0.4) is 0 Å². The zero-order chi connectivity index (χ0) is 13.4. The smallest absolute Gasteiger partial charge is 0.326 e. The second-order valence-corrected chi connectivity index (χ2v) is 3.73. The minimum atomic E-state index is -1.12. The van der Waals surface area contributed by atoms with Gasteiger partial charge in [0.2, 0.25) is 5.91 Å². The Kier molecular flexibility index (Phi) is 6.88. The number of nitrogens with two attached hydrogens (primary N) is 1. The summed E-state index contributed by atoms with van der Waals surface area (Å²) in [6.45, 7) is 1.80. The summed E-state index contributed by atoms with van der Waals surface area (Å²) >= 11 is 0. The van der Waals surface area contributed by atoms with Gasteiger partial charge in [0.25, 0.3) is 0 Å². The quantitative estimate of drug-likeness (QED) is 0.459. The number of carboxylic acid groups (broad SMARTS) is 2. The summed E-state index contributed by atoms with van der Waals surface area (Å²) < 4.78 is 0. The minimum Gasteiger partial charge on any atom is -0.481 e. The SMILES string of the molecule is CCC[C@H](NC(=O)C(N)CCC(=O)O)C(=O)O. The predicted octanol–water partition coefficient (Wildman–Crippen LogP) is -0.452. The van der Waals surface area contributed by atoms with Gasteiger partial charge in [-0.25, -0.2) is 4.79 Å². The van der Waals surface area contributed by atoms with Crippen LogP contribution in [-0.4, -0.2) is 40.1 Å². The van der Waals surface area contributed by atoms with E-state index in [1.807, 2.05) is 0 Å². The van der Waals surface area contributed by atoms with E-state index in [1.165, 1.54) is 0 Å². The van der Waals surface area contributed by atoms with Gasteiger partial charge in [-0.1, -0.05) is 13.3 Å². The topological polar surface area (TPSA) is 130 Å². The Morgan fingerprint density at radius 2 is 1.82 bits per heavy atom. The molecule has 0 aliphatic rings. The number of hydrogen-bond donors (Lipinski definition) is 4. The van der Waals surface area contributed by atoms with Gasteiger partial charge in [-0.2, -0.15) is 0 Å². The molecular weight excluding hydrogens is 228 g/mol. The maximum atomic E-state index is 11.5. The van der Waals surface area contributed by atoms with Crippen molar-refractivity contribution >= 4 is 17.8 Å². The van der Waals surface area contributed by atoms with Crippen molar-refractivity contribution in [2.24, 2.45) is 5.73 Å². The van der Waals surface area contributed by atoms with Gasteiger partial charge in [0.15, 0.2) is 0 Å². The van der Waals surface area contributed by atoms with E-state index in [2.05, 4.69) is 5.32 Å². The Hall–Kier alpha value is -1.63. The number of rotatable bonds is 8. The summed E-state index contributed by atoms with van der Waals surface area (Å²) in [5.41, 5.74) is 5.44. The van der Waals surface area contributed by atoms with E-state index >= 15 is 0 Å². The van der Waals surface area contributed by atoms with Gasteiger partial charge in [0.1, 0.15) is 6.04 Å². The van der Waals surface area contributed by atoms with E-state index in [9.17, 15) is 14.4 Å². The molecule has 1 unspecified atom stereocenters. The third-order valence-corrected chi connectivity index (χ3v) is 2.20. The largest absolute Gasteiger partial charge is 0.481 e. The zero-order valence-corrected chi connectivity index (χ0v) is 9.68. The molecule has 0 aromatic rings. The molecule has 0 aromatic carbocycles. The van der Waals surface area contributed by atoms with E-state index < -0.39 is 29.9 Å². The van der Waals surface area contributed by atoms with E-state index in [4.69, 9.17) is 15.9 Å². The van der Waals surface area contributed by atoms with E-state index in [-0.39, 0.29) is 12.8 Å². The first kappa shape index (κ1) is 15.4. The van der Waals surface area contributed by atoms with Crippen molar-refractivity contribution in [2.75, 3.05) is 0 Å². The molecule has 98 valence electrons. The normalized spacial score (nSPS) is 13.8.